The molecule has 1 heterocycles. The molecule has 1 fully saturated rings. The van der Waals surface area contributed by atoms with Gasteiger partial charge in [0.25, 0.3) is 6.43 Å². The standard InChI is InChI=1S/C19H17F3N2O2/c20-14-6-1-2-7-15(14)24-19(26)16-13(8-9-23-18(16)25)11-4-3-5-12(10-11)17(21)22/h1-7,10,13,16-17H,8-9H2,(H,23,25)(H,24,26). The van der Waals surface area contributed by atoms with Gasteiger partial charge in [0.15, 0.2) is 0 Å². The zero-order valence-electron chi connectivity index (χ0n) is 13.7. The Hall–Kier alpha value is -2.83. The predicted molar refractivity (Wildman–Crippen MR) is 90.3 cm³/mol. The zero-order valence-corrected chi connectivity index (χ0v) is 13.7. The number of benzene rings is 2. The number of nitrogens with one attached hydrogen (secondary N) is 2. The first-order valence-corrected chi connectivity index (χ1v) is 8.18. The molecule has 1 aliphatic rings. The van der Waals surface area contributed by atoms with Crippen LogP contribution in [0, 0.1) is 11.7 Å². The number of rotatable bonds is 4. The van der Waals surface area contributed by atoms with Crippen LogP contribution in [0.3, 0.4) is 0 Å². The molecule has 7 heteroatoms. The van der Waals surface area contributed by atoms with Gasteiger partial charge in [-0.2, -0.15) is 0 Å². The maximum Gasteiger partial charge on any atom is 0.263 e. The van der Waals surface area contributed by atoms with Crippen molar-refractivity contribution in [2.75, 3.05) is 11.9 Å². The van der Waals surface area contributed by atoms with Crippen molar-refractivity contribution in [3.63, 3.8) is 0 Å². The SMILES string of the molecule is O=C1NCCC(c2cccc(C(F)F)c2)C1C(=O)Nc1ccccc1F. The van der Waals surface area contributed by atoms with Crippen LogP contribution in [0.25, 0.3) is 0 Å². The van der Waals surface area contributed by atoms with Gasteiger partial charge in [-0.15, -0.1) is 0 Å². The molecule has 0 radical (unpaired) electrons. The van der Waals surface area contributed by atoms with Gasteiger partial charge in [0.1, 0.15) is 11.7 Å². The van der Waals surface area contributed by atoms with Crippen LogP contribution >= 0.6 is 0 Å². The molecule has 2 aromatic rings. The molecule has 1 saturated heterocycles. The van der Waals surface area contributed by atoms with E-state index in [4.69, 9.17) is 0 Å². The fourth-order valence-electron chi connectivity index (χ4n) is 3.17. The highest BCUT2D eigenvalue weighted by atomic mass is 19.3. The van der Waals surface area contributed by atoms with Crippen LogP contribution < -0.4 is 10.6 Å². The van der Waals surface area contributed by atoms with E-state index >= 15 is 0 Å². The van der Waals surface area contributed by atoms with Crippen molar-refractivity contribution in [1.82, 2.24) is 5.32 Å². The van der Waals surface area contributed by atoms with Crippen LogP contribution in [0.4, 0.5) is 18.9 Å². The summed E-state index contributed by atoms with van der Waals surface area (Å²) in [7, 11) is 0. The Balaban J connectivity index is 1.89. The molecule has 2 aromatic carbocycles. The summed E-state index contributed by atoms with van der Waals surface area (Å²) in [5, 5.41) is 5.03. The van der Waals surface area contributed by atoms with Gasteiger partial charge in [-0.25, -0.2) is 13.2 Å². The lowest BCUT2D eigenvalue weighted by Gasteiger charge is -2.30. The number of para-hydroxylation sites is 1. The monoisotopic (exact) mass is 362 g/mol. The first kappa shape index (κ1) is 18.0. The van der Waals surface area contributed by atoms with Crippen LogP contribution in [0.1, 0.15) is 29.9 Å². The maximum absolute atomic E-state index is 13.8. The van der Waals surface area contributed by atoms with Gasteiger partial charge in [0, 0.05) is 18.0 Å². The number of hydrogen-bond acceptors (Lipinski definition) is 2. The Bertz CT molecular complexity index is 826. The fourth-order valence-corrected chi connectivity index (χ4v) is 3.17. The van der Waals surface area contributed by atoms with E-state index < -0.39 is 35.9 Å². The molecule has 1 aliphatic heterocycles. The van der Waals surface area contributed by atoms with Crippen molar-refractivity contribution in [2.24, 2.45) is 5.92 Å². The zero-order chi connectivity index (χ0) is 18.7. The van der Waals surface area contributed by atoms with Crippen LogP contribution in [-0.4, -0.2) is 18.4 Å². The summed E-state index contributed by atoms with van der Waals surface area (Å²) in [5.41, 5.74) is 0.295. The summed E-state index contributed by atoms with van der Waals surface area (Å²) >= 11 is 0. The van der Waals surface area contributed by atoms with Gasteiger partial charge in [-0.05, 0) is 30.2 Å². The molecule has 0 spiro atoms. The van der Waals surface area contributed by atoms with Gasteiger partial charge < -0.3 is 10.6 Å². The van der Waals surface area contributed by atoms with Crippen molar-refractivity contribution in [3.8, 4) is 0 Å². The highest BCUT2D eigenvalue weighted by Crippen LogP contribution is 2.34. The molecular weight excluding hydrogens is 345 g/mol. The second-order valence-corrected chi connectivity index (χ2v) is 6.10. The number of carbonyl (C=O) groups is 2. The number of amides is 2. The van der Waals surface area contributed by atoms with E-state index in [-0.39, 0.29) is 11.3 Å². The molecular formula is C19H17F3N2O2. The second-order valence-electron chi connectivity index (χ2n) is 6.10. The molecule has 4 nitrogen and oxygen atoms in total. The summed E-state index contributed by atoms with van der Waals surface area (Å²) in [6.07, 6.45) is -2.22. The minimum atomic E-state index is -2.64. The van der Waals surface area contributed by atoms with Crippen LogP contribution in [0.15, 0.2) is 48.5 Å². The highest BCUT2D eigenvalue weighted by molar-refractivity contribution is 6.07. The Kier molecular flexibility index (Phi) is 5.25. The molecule has 2 atom stereocenters. The predicted octanol–water partition coefficient (Wildman–Crippen LogP) is 3.62. The van der Waals surface area contributed by atoms with Crippen LogP contribution in [0.2, 0.25) is 0 Å². The van der Waals surface area contributed by atoms with Gasteiger partial charge in [0.2, 0.25) is 11.8 Å². The maximum atomic E-state index is 13.8. The lowest BCUT2D eigenvalue weighted by molar-refractivity contribution is -0.135. The van der Waals surface area contributed by atoms with E-state index in [0.717, 1.165) is 0 Å². The van der Waals surface area contributed by atoms with Crippen molar-refractivity contribution in [3.05, 3.63) is 65.5 Å². The van der Waals surface area contributed by atoms with Crippen LogP contribution in [0.5, 0.6) is 0 Å². The Morgan fingerprint density at radius 1 is 1.15 bits per heavy atom. The normalized spacial score (nSPS) is 19.9. The Morgan fingerprint density at radius 2 is 1.92 bits per heavy atom. The lowest BCUT2D eigenvalue weighted by atomic mass is 9.79. The lowest BCUT2D eigenvalue weighted by Crippen LogP contribution is -2.46. The van der Waals surface area contributed by atoms with E-state index in [9.17, 15) is 22.8 Å². The highest BCUT2D eigenvalue weighted by Gasteiger charge is 2.39. The molecule has 3 rings (SSSR count). The van der Waals surface area contributed by atoms with Crippen molar-refractivity contribution in [1.29, 1.82) is 0 Å². The summed E-state index contributed by atoms with van der Waals surface area (Å²) in [6, 6.07) is 11.3. The topological polar surface area (TPSA) is 58.2 Å². The number of piperidine rings is 1. The first-order valence-electron chi connectivity index (χ1n) is 8.18. The molecule has 136 valence electrons. The fraction of sp³-hybridized carbons (Fsp3) is 0.263. The first-order chi connectivity index (χ1) is 12.5. The molecule has 2 N–H and O–H groups in total. The van der Waals surface area contributed by atoms with Crippen molar-refractivity contribution >= 4 is 17.5 Å². The summed E-state index contributed by atoms with van der Waals surface area (Å²) in [6.45, 7) is 0.339. The second kappa shape index (κ2) is 7.59. The van der Waals surface area contributed by atoms with E-state index in [2.05, 4.69) is 10.6 Å². The number of halogens is 3. The van der Waals surface area contributed by atoms with Crippen molar-refractivity contribution in [2.45, 2.75) is 18.8 Å². The number of alkyl halides is 2. The third-order valence-electron chi connectivity index (χ3n) is 4.44. The van der Waals surface area contributed by atoms with Crippen LogP contribution in [-0.2, 0) is 9.59 Å². The van der Waals surface area contributed by atoms with Gasteiger partial charge in [-0.1, -0.05) is 30.3 Å². The summed E-state index contributed by atoms with van der Waals surface area (Å²) in [5.74, 6) is -3.48. The van der Waals surface area contributed by atoms with E-state index in [1.165, 1.54) is 36.4 Å². The molecule has 2 unspecified atom stereocenters. The molecule has 0 aromatic heterocycles. The average Bonchev–Trinajstić information content (AvgIpc) is 2.63. The Labute approximate surface area is 148 Å². The van der Waals surface area contributed by atoms with Gasteiger partial charge >= 0.3 is 0 Å². The quantitative estimate of drug-likeness (QED) is 0.816. The molecule has 26 heavy (non-hydrogen) atoms. The third kappa shape index (κ3) is 3.71. The van der Waals surface area contributed by atoms with E-state index in [1.807, 2.05) is 0 Å². The van der Waals surface area contributed by atoms with Gasteiger partial charge in [-0.3, -0.25) is 9.59 Å². The largest absolute Gasteiger partial charge is 0.355 e. The van der Waals surface area contributed by atoms with E-state index in [1.54, 1.807) is 12.1 Å². The van der Waals surface area contributed by atoms with E-state index in [0.29, 0.717) is 18.5 Å². The number of anilines is 1. The minimum Gasteiger partial charge on any atom is -0.355 e. The molecule has 0 aliphatic carbocycles. The Morgan fingerprint density at radius 3 is 2.65 bits per heavy atom. The third-order valence-corrected chi connectivity index (χ3v) is 4.44. The minimum absolute atomic E-state index is 0.0315. The molecule has 0 bridgehead atoms. The average molecular weight is 362 g/mol. The molecule has 0 saturated carbocycles. The van der Waals surface area contributed by atoms with Gasteiger partial charge in [0.05, 0.1) is 5.69 Å². The summed E-state index contributed by atoms with van der Waals surface area (Å²) in [4.78, 5) is 24.9. The summed E-state index contributed by atoms with van der Waals surface area (Å²) < 4.78 is 39.7. The number of carbonyl (C=O) groups excluding carboxylic acids is 2. The smallest absolute Gasteiger partial charge is 0.263 e. The number of hydrogen-bond donors (Lipinski definition) is 2. The molecule has 2 amide bonds. The van der Waals surface area contributed by atoms with Crippen molar-refractivity contribution < 1.29 is 22.8 Å².